The second-order valence-electron chi connectivity index (χ2n) is 16.6. The van der Waals surface area contributed by atoms with Gasteiger partial charge in [-0.1, -0.05) is 95.8 Å². The van der Waals surface area contributed by atoms with Crippen molar-refractivity contribution in [3.8, 4) is 5.75 Å². The van der Waals surface area contributed by atoms with E-state index < -0.39 is 6.17 Å². The normalized spacial score (nSPS) is 13.6. The van der Waals surface area contributed by atoms with Crippen LogP contribution in [0.4, 0.5) is 4.39 Å². The summed E-state index contributed by atoms with van der Waals surface area (Å²) in [4.78, 5) is 20.6. The summed E-state index contributed by atoms with van der Waals surface area (Å²) >= 11 is 5.96. The number of rotatable bonds is 12. The Kier molecular flexibility index (Phi) is 21.8. The Morgan fingerprint density at radius 1 is 0.938 bits per heavy atom. The molecule has 2 aliphatic heterocycles. The molecule has 2 aliphatic rings. The van der Waals surface area contributed by atoms with Gasteiger partial charge in [0, 0.05) is 59.7 Å². The minimum Gasteiger partial charge on any atom is -0.508 e. The number of nitrogens with zero attached hydrogens (tertiary/aromatic N) is 5. The number of aryl methyl sites for hydroxylation is 5. The first-order valence-electron chi connectivity index (χ1n) is 22.4. The molecule has 2 aromatic heterocycles. The first kappa shape index (κ1) is 55.0. The molecule has 2 saturated heterocycles. The highest BCUT2D eigenvalue weighted by molar-refractivity contribution is 6.31. The Morgan fingerprint density at radius 3 is 2.09 bits per heavy atom. The lowest BCUT2D eigenvalue weighted by molar-refractivity contribution is 0.0399. The average molecular weight is 898 g/mol. The van der Waals surface area contributed by atoms with Crippen LogP contribution in [-0.2, 0) is 13.0 Å². The van der Waals surface area contributed by atoms with E-state index >= 15 is 0 Å². The summed E-state index contributed by atoms with van der Waals surface area (Å²) in [6, 6.07) is 9.59. The number of phenols is 1. The van der Waals surface area contributed by atoms with Gasteiger partial charge in [-0.15, -0.1) is 0 Å². The number of carbonyl (C=O) groups is 1. The molecule has 4 heterocycles. The van der Waals surface area contributed by atoms with E-state index in [0.29, 0.717) is 17.9 Å². The Balaban J connectivity index is 0.000000360. The van der Waals surface area contributed by atoms with Crippen molar-refractivity contribution in [3.63, 3.8) is 0 Å². The number of imidazole rings is 1. The van der Waals surface area contributed by atoms with Crippen LogP contribution in [0.2, 0.25) is 5.02 Å². The zero-order valence-electron chi connectivity index (χ0n) is 40.6. The molecular weight excluding hydrogens is 819 g/mol. The average Bonchev–Trinajstić information content (AvgIpc) is 3.53. The van der Waals surface area contributed by atoms with E-state index in [9.17, 15) is 14.3 Å². The fourth-order valence-electron chi connectivity index (χ4n) is 7.41. The Labute approximate surface area is 390 Å². The van der Waals surface area contributed by atoms with Gasteiger partial charge in [0.15, 0.2) is 0 Å². The van der Waals surface area contributed by atoms with Crippen LogP contribution in [0.3, 0.4) is 0 Å². The van der Waals surface area contributed by atoms with Crippen molar-refractivity contribution in [1.82, 2.24) is 29.6 Å². The van der Waals surface area contributed by atoms with E-state index in [1.165, 1.54) is 33.6 Å². The molecule has 6 rings (SSSR count). The monoisotopic (exact) mass is 897 g/mol. The van der Waals surface area contributed by atoms with Gasteiger partial charge in [-0.25, -0.2) is 14.8 Å². The Hall–Kier alpha value is -5.12. The molecular formula is C54H78ClFN6O2. The summed E-state index contributed by atoms with van der Waals surface area (Å²) in [5.74, 6) is 0.978. The highest BCUT2D eigenvalue weighted by Crippen LogP contribution is 2.29. The van der Waals surface area contributed by atoms with Crippen LogP contribution in [0.15, 0.2) is 96.7 Å². The van der Waals surface area contributed by atoms with Gasteiger partial charge in [-0.05, 0) is 145 Å². The smallest absolute Gasteiger partial charge is 0.255 e. The number of carbonyl (C=O) groups excluding carboxylic acids is 1. The summed E-state index contributed by atoms with van der Waals surface area (Å²) in [5.41, 5.74) is 19.5. The third kappa shape index (κ3) is 13.7. The van der Waals surface area contributed by atoms with Gasteiger partial charge in [0.25, 0.3) is 5.91 Å². The van der Waals surface area contributed by atoms with E-state index in [1.54, 1.807) is 18.3 Å². The van der Waals surface area contributed by atoms with Crippen LogP contribution in [-0.4, -0.2) is 67.6 Å². The van der Waals surface area contributed by atoms with Crippen LogP contribution in [0.1, 0.15) is 123 Å². The second kappa shape index (κ2) is 25.4. The molecule has 10 heteroatoms. The van der Waals surface area contributed by atoms with Gasteiger partial charge in [-0.2, -0.15) is 0 Å². The minimum absolute atomic E-state index is 0. The molecule has 0 spiro atoms. The lowest BCUT2D eigenvalue weighted by atomic mass is 9.95. The quantitative estimate of drug-likeness (QED) is 0.109. The van der Waals surface area contributed by atoms with Crippen LogP contribution >= 0.6 is 11.6 Å². The number of aromatic nitrogens is 2. The van der Waals surface area contributed by atoms with Crippen molar-refractivity contribution in [2.24, 2.45) is 5.92 Å². The second-order valence-corrected chi connectivity index (χ2v) is 17.0. The van der Waals surface area contributed by atoms with Gasteiger partial charge in [0.1, 0.15) is 17.6 Å². The molecule has 64 heavy (non-hydrogen) atoms. The van der Waals surface area contributed by atoms with Crippen molar-refractivity contribution in [3.05, 3.63) is 158 Å². The molecule has 2 aromatic carbocycles. The van der Waals surface area contributed by atoms with Crippen molar-refractivity contribution < 1.29 is 14.3 Å². The van der Waals surface area contributed by atoms with Gasteiger partial charge in [-0.3, -0.25) is 9.80 Å². The van der Waals surface area contributed by atoms with E-state index in [0.717, 1.165) is 86.7 Å². The number of hydrogen-bond donors (Lipinski definition) is 2. The number of hydrazine groups is 1. The lowest BCUT2D eigenvalue weighted by Gasteiger charge is -2.42. The third-order valence-corrected chi connectivity index (χ3v) is 12.5. The van der Waals surface area contributed by atoms with E-state index in [-0.39, 0.29) is 26.4 Å². The number of amides is 1. The summed E-state index contributed by atoms with van der Waals surface area (Å²) in [6.45, 7) is 40.2. The number of halogens is 2. The molecule has 4 aromatic rings. The number of benzene rings is 2. The Morgan fingerprint density at radius 2 is 1.55 bits per heavy atom. The van der Waals surface area contributed by atoms with Crippen LogP contribution in [0.25, 0.3) is 5.65 Å². The fourth-order valence-corrected chi connectivity index (χ4v) is 7.59. The van der Waals surface area contributed by atoms with Crippen molar-refractivity contribution >= 4 is 23.2 Å². The number of nitrogens with one attached hydrogen (secondary N) is 1. The SMILES string of the molecule is C.C=C/C=C\C(=C/N(NCc1c(C)ccc(O)c1C)C(C)=C(C)C)C(=C)N1CC(CC)C1.CC.CCc1c(C)ccc(Cl)c1C.Cc1nc2c(C)cc(C(=O)N3CC(F)C3)cn2c1C. The number of allylic oxidation sites excluding steroid dienone is 5. The largest absolute Gasteiger partial charge is 0.508 e. The number of hydrogen-bond acceptors (Lipinski definition) is 6. The molecule has 0 saturated carbocycles. The predicted octanol–water partition coefficient (Wildman–Crippen LogP) is 13.3. The zero-order valence-corrected chi connectivity index (χ0v) is 41.4. The first-order chi connectivity index (χ1) is 29.8. The summed E-state index contributed by atoms with van der Waals surface area (Å²) < 4.78 is 14.8. The van der Waals surface area contributed by atoms with E-state index in [2.05, 4.69) is 107 Å². The highest BCUT2D eigenvalue weighted by atomic mass is 35.5. The summed E-state index contributed by atoms with van der Waals surface area (Å²) in [5, 5.41) is 13.1. The van der Waals surface area contributed by atoms with E-state index in [4.69, 9.17) is 11.6 Å². The maximum absolute atomic E-state index is 12.8. The van der Waals surface area contributed by atoms with Gasteiger partial charge < -0.3 is 19.3 Å². The third-order valence-electron chi connectivity index (χ3n) is 12.1. The predicted molar refractivity (Wildman–Crippen MR) is 271 cm³/mol. The fraction of sp³-hybridized carbons (Fsp3) is 0.444. The molecule has 350 valence electrons. The number of phenolic OH excluding ortho intramolecular Hbond substituents is 1. The van der Waals surface area contributed by atoms with E-state index in [1.807, 2.05) is 70.2 Å². The van der Waals surface area contributed by atoms with Crippen molar-refractivity contribution in [1.29, 1.82) is 0 Å². The molecule has 2 fully saturated rings. The molecule has 0 radical (unpaired) electrons. The van der Waals surface area contributed by atoms with Gasteiger partial charge >= 0.3 is 0 Å². The van der Waals surface area contributed by atoms with Crippen LogP contribution < -0.4 is 5.43 Å². The molecule has 0 bridgehead atoms. The minimum atomic E-state index is -0.869. The maximum Gasteiger partial charge on any atom is 0.255 e. The van der Waals surface area contributed by atoms with Crippen molar-refractivity contribution in [2.75, 3.05) is 26.2 Å². The maximum atomic E-state index is 12.8. The standard InChI is InChI=1S/C27H39N3O.C14H16FN3O.C10H13Cl.C2H6.CH4/c1-9-11-12-25(23(8)29-16-24(10-2)17-29)18-30(22(7)19(3)4)28-15-26-20(5)13-14-27(31)21(26)6;1-8-4-11(14(19)17-6-12(15)7-17)5-18-10(3)9(2)16-13(8)18;1-4-9-7(2)5-6-10(11)8(9)3;1-2;/h9,11-14,18,24,28,31H,1,8,10,15-17H2,2-7H3;4-5,12H,6-7H2,1-3H3;5-6H,4H2,1-3H3;1-2H3;1H4/b12-11-,25-18+;;;;. The first-order valence-corrected chi connectivity index (χ1v) is 22.7. The van der Waals surface area contributed by atoms with Crippen molar-refractivity contribution in [2.45, 2.75) is 130 Å². The molecule has 0 atom stereocenters. The number of fused-ring (bicyclic) bond motifs is 1. The summed E-state index contributed by atoms with van der Waals surface area (Å²) in [7, 11) is 0. The van der Waals surface area contributed by atoms with Gasteiger partial charge in [0.05, 0.1) is 24.3 Å². The molecule has 0 aliphatic carbocycles. The number of aromatic hydroxyl groups is 1. The summed E-state index contributed by atoms with van der Waals surface area (Å²) in [6.07, 6.45) is 11.1. The topological polar surface area (TPSA) is 76.3 Å². The zero-order chi connectivity index (χ0) is 47.3. The molecule has 1 amide bonds. The van der Waals surface area contributed by atoms with Crippen LogP contribution in [0, 0.1) is 54.4 Å². The lowest BCUT2D eigenvalue weighted by Crippen LogP contribution is -2.51. The number of alkyl halides is 1. The molecule has 0 unspecified atom stereocenters. The highest BCUT2D eigenvalue weighted by Gasteiger charge is 2.31. The Bertz CT molecular complexity index is 2320. The van der Waals surface area contributed by atoms with Crippen LogP contribution in [0.5, 0.6) is 5.75 Å². The molecule has 8 nitrogen and oxygen atoms in total. The number of likely N-dealkylation sites (tertiary alicyclic amines) is 2. The molecule has 2 N–H and O–H groups in total. The number of pyridine rings is 1. The van der Waals surface area contributed by atoms with Gasteiger partial charge in [0.2, 0.25) is 0 Å².